The van der Waals surface area contributed by atoms with Gasteiger partial charge in [0.05, 0.1) is 18.1 Å². The first-order valence-corrected chi connectivity index (χ1v) is 13.3. The molecule has 1 N–H and O–H groups in total. The zero-order chi connectivity index (χ0) is 27.4. The van der Waals surface area contributed by atoms with Crippen LogP contribution in [0.3, 0.4) is 0 Å². The number of ether oxygens (including phenoxy) is 2. The number of amides is 3. The number of anilines is 2. The molecule has 0 radical (unpaired) electrons. The first-order chi connectivity index (χ1) is 19.0. The van der Waals surface area contributed by atoms with Crippen molar-refractivity contribution in [2.75, 3.05) is 50.2 Å². The van der Waals surface area contributed by atoms with Gasteiger partial charge < -0.3 is 14.4 Å². The molecule has 11 heteroatoms. The van der Waals surface area contributed by atoms with Gasteiger partial charge in [-0.15, -0.1) is 0 Å². The first-order valence-electron chi connectivity index (χ1n) is 13.3. The molecule has 3 aliphatic rings. The summed E-state index contributed by atoms with van der Waals surface area (Å²) in [6.07, 6.45) is 5.89. The number of nitrogens with zero attached hydrogens (tertiary/aromatic N) is 5. The van der Waals surface area contributed by atoms with E-state index < -0.39 is 6.03 Å². The van der Waals surface area contributed by atoms with E-state index in [2.05, 4.69) is 21.4 Å². The predicted octanol–water partition coefficient (Wildman–Crippen LogP) is 2.72. The number of fused-ring (bicyclic) bond motifs is 1. The smallest absolute Gasteiger partial charge is 0.328 e. The van der Waals surface area contributed by atoms with E-state index in [1.807, 2.05) is 6.07 Å². The lowest BCUT2D eigenvalue weighted by molar-refractivity contribution is -0.134. The molecule has 204 valence electrons. The second kappa shape index (κ2) is 11.9. The van der Waals surface area contributed by atoms with E-state index in [0.717, 1.165) is 30.6 Å². The number of aryl methyl sites for hydroxylation is 1. The highest BCUT2D eigenvalue weighted by atomic mass is 16.5. The van der Waals surface area contributed by atoms with E-state index >= 15 is 0 Å². The van der Waals surface area contributed by atoms with Crippen LogP contribution in [-0.2, 0) is 33.7 Å². The average Bonchev–Trinajstić information content (AvgIpc) is 3.67. The summed E-state index contributed by atoms with van der Waals surface area (Å²) >= 11 is 0. The van der Waals surface area contributed by atoms with Gasteiger partial charge in [0, 0.05) is 51.7 Å². The summed E-state index contributed by atoms with van der Waals surface area (Å²) in [6.45, 7) is 3.06. The molecule has 0 aromatic carbocycles. The molecule has 2 fully saturated rings. The highest BCUT2D eigenvalue weighted by Crippen LogP contribution is 2.29. The van der Waals surface area contributed by atoms with Gasteiger partial charge in [-0.1, -0.05) is 0 Å². The second-order valence-corrected chi connectivity index (χ2v) is 10.3. The molecule has 2 aromatic heterocycles. The summed E-state index contributed by atoms with van der Waals surface area (Å²) in [5, 5.41) is 12.4. The van der Waals surface area contributed by atoms with E-state index in [9.17, 15) is 19.6 Å². The molecular formula is C28H32N6O5. The van der Waals surface area contributed by atoms with Gasteiger partial charge in [-0.3, -0.25) is 19.8 Å². The molecule has 0 aliphatic carbocycles. The number of nitriles is 1. The predicted molar refractivity (Wildman–Crippen MR) is 141 cm³/mol. The maximum absolute atomic E-state index is 13.3. The number of pyridine rings is 2. The number of aldehydes is 1. The van der Waals surface area contributed by atoms with E-state index in [1.165, 1.54) is 11.1 Å². The molecule has 0 unspecified atom stereocenters. The van der Waals surface area contributed by atoms with Crippen LogP contribution in [0.2, 0.25) is 0 Å². The Kier molecular flexibility index (Phi) is 8.14. The molecule has 0 spiro atoms. The molecular weight excluding hydrogens is 500 g/mol. The van der Waals surface area contributed by atoms with Gasteiger partial charge in [-0.25, -0.2) is 14.8 Å². The standard InChI is InChI=1S/C28H32N6O5/c1-33(27(36)20-5-8-39-17-20)14-22-10-19-3-2-6-34(26(19)31-24(22)15-35)28(37)32-25-11-21(23(12-29)13-30-25)9-18-4-7-38-16-18/h10-11,13,15,18,20H,2-9,14,16-17H2,1H3,(H,30,32,37)/t18-,20-/m1/s1. The number of urea groups is 1. The van der Waals surface area contributed by atoms with Crippen LogP contribution in [0.15, 0.2) is 18.3 Å². The Balaban J connectivity index is 1.33. The van der Waals surface area contributed by atoms with Crippen LogP contribution in [-0.4, -0.2) is 73.1 Å². The Labute approximate surface area is 227 Å². The van der Waals surface area contributed by atoms with Gasteiger partial charge in [0.25, 0.3) is 0 Å². The van der Waals surface area contributed by atoms with Gasteiger partial charge in [0.15, 0.2) is 6.29 Å². The Morgan fingerprint density at radius 2 is 2.05 bits per heavy atom. The van der Waals surface area contributed by atoms with Gasteiger partial charge >= 0.3 is 6.03 Å². The number of hydrogen-bond acceptors (Lipinski definition) is 8. The quantitative estimate of drug-likeness (QED) is 0.538. The van der Waals surface area contributed by atoms with Crippen molar-refractivity contribution >= 4 is 29.9 Å². The summed E-state index contributed by atoms with van der Waals surface area (Å²) in [5.41, 5.74) is 3.00. The third kappa shape index (κ3) is 5.92. The van der Waals surface area contributed by atoms with Crippen LogP contribution in [0.5, 0.6) is 0 Å². The van der Waals surface area contributed by atoms with Crippen LogP contribution in [0.1, 0.15) is 52.0 Å². The van der Waals surface area contributed by atoms with Crippen molar-refractivity contribution in [2.45, 2.75) is 38.6 Å². The molecule has 0 saturated carbocycles. The van der Waals surface area contributed by atoms with Crippen LogP contribution in [0.25, 0.3) is 0 Å². The van der Waals surface area contributed by atoms with Crippen LogP contribution >= 0.6 is 0 Å². The molecule has 5 rings (SSSR count). The van der Waals surface area contributed by atoms with E-state index in [1.54, 1.807) is 18.0 Å². The van der Waals surface area contributed by atoms with Gasteiger partial charge in [0.2, 0.25) is 5.91 Å². The Morgan fingerprint density at radius 1 is 1.23 bits per heavy atom. The maximum Gasteiger partial charge on any atom is 0.328 e. The van der Waals surface area contributed by atoms with Crippen molar-refractivity contribution in [1.29, 1.82) is 5.26 Å². The minimum atomic E-state index is -0.408. The molecule has 2 saturated heterocycles. The highest BCUT2D eigenvalue weighted by Gasteiger charge is 2.29. The summed E-state index contributed by atoms with van der Waals surface area (Å²) in [5.74, 6) is 0.932. The summed E-state index contributed by atoms with van der Waals surface area (Å²) in [7, 11) is 1.72. The third-order valence-corrected chi connectivity index (χ3v) is 7.57. The van der Waals surface area contributed by atoms with Crippen molar-refractivity contribution in [3.8, 4) is 6.07 Å². The SMILES string of the molecule is CN(Cc1cc2c(nc1C=O)N(C(=O)Nc1cc(C[C@H]3CCOC3)c(C#N)cn1)CCC2)C(=O)[C@@H]1CCOC1. The molecule has 3 amide bonds. The molecule has 0 bridgehead atoms. The zero-order valence-electron chi connectivity index (χ0n) is 22.0. The molecule has 2 atom stereocenters. The van der Waals surface area contributed by atoms with Crippen molar-refractivity contribution in [3.63, 3.8) is 0 Å². The average molecular weight is 533 g/mol. The molecule has 11 nitrogen and oxygen atoms in total. The number of aromatic nitrogens is 2. The highest BCUT2D eigenvalue weighted by molar-refractivity contribution is 6.01. The lowest BCUT2D eigenvalue weighted by Gasteiger charge is -2.29. The fraction of sp³-hybridized carbons (Fsp3) is 0.500. The van der Waals surface area contributed by atoms with Crippen LogP contribution in [0.4, 0.5) is 16.4 Å². The van der Waals surface area contributed by atoms with Crippen LogP contribution in [0, 0.1) is 23.2 Å². The van der Waals surface area contributed by atoms with Crippen molar-refractivity contribution in [2.24, 2.45) is 11.8 Å². The largest absolute Gasteiger partial charge is 0.381 e. The second-order valence-electron chi connectivity index (χ2n) is 10.3. The lowest BCUT2D eigenvalue weighted by atomic mass is 9.96. The van der Waals surface area contributed by atoms with Gasteiger partial charge in [-0.2, -0.15) is 5.26 Å². The minimum Gasteiger partial charge on any atom is -0.381 e. The normalized spacial score (nSPS) is 20.3. The van der Waals surface area contributed by atoms with Gasteiger partial charge in [-0.05, 0) is 61.3 Å². The summed E-state index contributed by atoms with van der Waals surface area (Å²) in [4.78, 5) is 50.0. The molecule has 2 aromatic rings. The number of carbonyl (C=O) groups is 3. The number of hydrogen-bond donors (Lipinski definition) is 1. The Bertz CT molecular complexity index is 1300. The fourth-order valence-electron chi connectivity index (χ4n) is 5.43. The first kappa shape index (κ1) is 26.7. The Morgan fingerprint density at radius 3 is 2.77 bits per heavy atom. The fourth-order valence-corrected chi connectivity index (χ4v) is 5.43. The molecule has 39 heavy (non-hydrogen) atoms. The van der Waals surface area contributed by atoms with E-state index in [4.69, 9.17) is 9.47 Å². The van der Waals surface area contributed by atoms with Gasteiger partial charge in [0.1, 0.15) is 23.4 Å². The third-order valence-electron chi connectivity index (χ3n) is 7.57. The van der Waals surface area contributed by atoms with E-state index in [-0.39, 0.29) is 24.1 Å². The minimum absolute atomic E-state index is 0.0159. The number of carbonyl (C=O) groups excluding carboxylic acids is 3. The van der Waals surface area contributed by atoms with Crippen molar-refractivity contribution < 1.29 is 23.9 Å². The monoisotopic (exact) mass is 532 g/mol. The number of nitrogens with one attached hydrogen (secondary N) is 1. The topological polar surface area (TPSA) is 138 Å². The number of rotatable bonds is 7. The molecule has 5 heterocycles. The zero-order valence-corrected chi connectivity index (χ0v) is 22.0. The van der Waals surface area contributed by atoms with Crippen LogP contribution < -0.4 is 10.2 Å². The van der Waals surface area contributed by atoms with Crippen molar-refractivity contribution in [3.05, 3.63) is 46.3 Å². The molecule has 3 aliphatic heterocycles. The Hall–Kier alpha value is -3.88. The summed E-state index contributed by atoms with van der Waals surface area (Å²) in [6, 6.07) is 5.39. The lowest BCUT2D eigenvalue weighted by Crippen LogP contribution is -2.40. The maximum atomic E-state index is 13.3. The van der Waals surface area contributed by atoms with Crippen molar-refractivity contribution in [1.82, 2.24) is 14.9 Å². The summed E-state index contributed by atoms with van der Waals surface area (Å²) < 4.78 is 10.8. The van der Waals surface area contributed by atoms with E-state index in [0.29, 0.717) is 80.6 Å².